The summed E-state index contributed by atoms with van der Waals surface area (Å²) < 4.78 is 10.9. The number of methoxy groups -OCH3 is 1. The minimum atomic E-state index is -0.0826. The van der Waals surface area contributed by atoms with E-state index in [1.807, 2.05) is 48.5 Å². The Kier molecular flexibility index (Phi) is 3.29. The van der Waals surface area contributed by atoms with Gasteiger partial charge in [-0.25, -0.2) is 0 Å². The van der Waals surface area contributed by atoms with Gasteiger partial charge in [0.1, 0.15) is 23.8 Å². The predicted octanol–water partition coefficient (Wildman–Crippen LogP) is 3.05. The second-order valence-electron chi connectivity index (χ2n) is 4.62. The molecule has 4 heteroatoms. The molecule has 1 atom stereocenters. The highest BCUT2D eigenvalue weighted by atomic mass is 16.5. The lowest BCUT2D eigenvalue weighted by molar-refractivity contribution is 0.285. The number of fused-ring (bicyclic) bond motifs is 1. The van der Waals surface area contributed by atoms with Gasteiger partial charge in [0.05, 0.1) is 13.0 Å². The highest BCUT2D eigenvalue weighted by Crippen LogP contribution is 2.33. The van der Waals surface area contributed by atoms with Crippen LogP contribution in [0.1, 0.15) is 17.0 Å². The van der Waals surface area contributed by atoms with Gasteiger partial charge in [0.2, 0.25) is 0 Å². The van der Waals surface area contributed by atoms with Gasteiger partial charge in [-0.3, -0.25) is 0 Å². The van der Waals surface area contributed by atoms with Crippen molar-refractivity contribution < 1.29 is 14.7 Å². The van der Waals surface area contributed by atoms with E-state index in [2.05, 4.69) is 5.16 Å². The molecule has 1 aliphatic rings. The maximum absolute atomic E-state index is 9.38. The number of ether oxygens (including phenoxy) is 2. The molecule has 1 unspecified atom stereocenters. The van der Waals surface area contributed by atoms with Gasteiger partial charge in [0.15, 0.2) is 0 Å². The summed E-state index contributed by atoms with van der Waals surface area (Å²) in [4.78, 5) is 0. The van der Waals surface area contributed by atoms with Crippen molar-refractivity contribution in [1.82, 2.24) is 0 Å². The molecule has 2 aromatic carbocycles. The van der Waals surface area contributed by atoms with Crippen molar-refractivity contribution in [2.75, 3.05) is 13.7 Å². The summed E-state index contributed by atoms with van der Waals surface area (Å²) in [6.45, 7) is 0.461. The fourth-order valence-corrected chi connectivity index (χ4v) is 2.46. The fraction of sp³-hybridized carbons (Fsp3) is 0.188. The highest BCUT2D eigenvalue weighted by Gasteiger charge is 2.28. The molecular formula is C16H15NO3. The molecule has 1 heterocycles. The average Bonchev–Trinajstić information content (AvgIpc) is 2.54. The van der Waals surface area contributed by atoms with Crippen molar-refractivity contribution in [3.8, 4) is 11.5 Å². The monoisotopic (exact) mass is 269 g/mol. The van der Waals surface area contributed by atoms with Crippen LogP contribution in [0.2, 0.25) is 0 Å². The van der Waals surface area contributed by atoms with Crippen molar-refractivity contribution in [3.05, 3.63) is 59.7 Å². The van der Waals surface area contributed by atoms with Gasteiger partial charge in [-0.05, 0) is 29.8 Å². The summed E-state index contributed by atoms with van der Waals surface area (Å²) in [7, 11) is 1.63. The number of hydrogen-bond donors (Lipinski definition) is 1. The number of benzene rings is 2. The van der Waals surface area contributed by atoms with Crippen molar-refractivity contribution in [3.63, 3.8) is 0 Å². The molecule has 0 saturated carbocycles. The minimum Gasteiger partial charge on any atom is -0.497 e. The number of hydrogen-bond acceptors (Lipinski definition) is 4. The molecule has 0 aliphatic carbocycles. The van der Waals surface area contributed by atoms with E-state index in [1.165, 1.54) is 0 Å². The number of oxime groups is 1. The molecule has 0 fully saturated rings. The van der Waals surface area contributed by atoms with Gasteiger partial charge < -0.3 is 14.7 Å². The van der Waals surface area contributed by atoms with Crippen LogP contribution in [-0.4, -0.2) is 24.6 Å². The Labute approximate surface area is 117 Å². The first-order chi connectivity index (χ1) is 9.83. The number of para-hydroxylation sites is 1. The summed E-state index contributed by atoms with van der Waals surface area (Å²) in [5, 5.41) is 12.9. The van der Waals surface area contributed by atoms with Crippen LogP contribution < -0.4 is 9.47 Å². The second kappa shape index (κ2) is 5.25. The summed E-state index contributed by atoms with van der Waals surface area (Å²) in [6.07, 6.45) is 0. The van der Waals surface area contributed by atoms with Crippen LogP contribution in [0.4, 0.5) is 0 Å². The predicted molar refractivity (Wildman–Crippen MR) is 76.0 cm³/mol. The molecule has 0 amide bonds. The molecule has 1 aliphatic heterocycles. The first-order valence-electron chi connectivity index (χ1n) is 6.41. The average molecular weight is 269 g/mol. The molecule has 0 saturated heterocycles. The standard InChI is InChI=1S/C16H15NO3/c1-19-12-8-6-11(7-9-12)14-10-20-15-5-3-2-4-13(15)16(14)17-18/h2-9,14,18H,10H2,1H3/b17-16-. The van der Waals surface area contributed by atoms with Crippen LogP contribution in [0.15, 0.2) is 53.7 Å². The zero-order valence-electron chi connectivity index (χ0n) is 11.1. The fourth-order valence-electron chi connectivity index (χ4n) is 2.46. The first kappa shape index (κ1) is 12.5. The normalized spacial score (nSPS) is 19.2. The van der Waals surface area contributed by atoms with Gasteiger partial charge in [-0.15, -0.1) is 0 Å². The van der Waals surface area contributed by atoms with Crippen molar-refractivity contribution in [2.45, 2.75) is 5.92 Å². The van der Waals surface area contributed by atoms with E-state index >= 15 is 0 Å². The number of nitrogens with zero attached hydrogens (tertiary/aromatic N) is 1. The van der Waals surface area contributed by atoms with E-state index in [4.69, 9.17) is 9.47 Å². The maximum atomic E-state index is 9.38. The van der Waals surface area contributed by atoms with Crippen molar-refractivity contribution in [1.29, 1.82) is 0 Å². The summed E-state index contributed by atoms with van der Waals surface area (Å²) in [6, 6.07) is 15.3. The van der Waals surface area contributed by atoms with E-state index in [9.17, 15) is 5.21 Å². The molecule has 0 bridgehead atoms. The third-order valence-corrected chi connectivity index (χ3v) is 3.52. The summed E-state index contributed by atoms with van der Waals surface area (Å²) in [5.74, 6) is 1.47. The van der Waals surface area contributed by atoms with Crippen LogP contribution in [0.5, 0.6) is 11.5 Å². The lowest BCUT2D eigenvalue weighted by Crippen LogP contribution is -2.26. The maximum Gasteiger partial charge on any atom is 0.128 e. The topological polar surface area (TPSA) is 51.0 Å². The SMILES string of the molecule is COc1ccc(C2COc3ccccc3/C2=N/O)cc1. The van der Waals surface area contributed by atoms with Crippen LogP contribution in [0.3, 0.4) is 0 Å². The smallest absolute Gasteiger partial charge is 0.128 e. The minimum absolute atomic E-state index is 0.0826. The van der Waals surface area contributed by atoms with E-state index in [1.54, 1.807) is 7.11 Å². The molecule has 0 spiro atoms. The zero-order valence-corrected chi connectivity index (χ0v) is 11.1. The van der Waals surface area contributed by atoms with E-state index in [0.29, 0.717) is 12.3 Å². The van der Waals surface area contributed by atoms with Gasteiger partial charge in [-0.1, -0.05) is 29.4 Å². The zero-order chi connectivity index (χ0) is 13.9. The van der Waals surface area contributed by atoms with Crippen LogP contribution in [0.25, 0.3) is 0 Å². The first-order valence-corrected chi connectivity index (χ1v) is 6.41. The molecule has 20 heavy (non-hydrogen) atoms. The molecule has 2 aromatic rings. The second-order valence-corrected chi connectivity index (χ2v) is 4.62. The lowest BCUT2D eigenvalue weighted by Gasteiger charge is -2.26. The van der Waals surface area contributed by atoms with E-state index < -0.39 is 0 Å². The molecule has 1 N–H and O–H groups in total. The molecule has 0 aromatic heterocycles. The number of rotatable bonds is 2. The molecule has 0 radical (unpaired) electrons. The Balaban J connectivity index is 1.98. The Morgan fingerprint density at radius 3 is 2.60 bits per heavy atom. The molecule has 3 rings (SSSR count). The van der Waals surface area contributed by atoms with Gasteiger partial charge in [0, 0.05) is 5.56 Å². The largest absolute Gasteiger partial charge is 0.497 e. The molecule has 102 valence electrons. The van der Waals surface area contributed by atoms with Crippen LogP contribution >= 0.6 is 0 Å². The lowest BCUT2D eigenvalue weighted by atomic mass is 9.88. The third-order valence-electron chi connectivity index (χ3n) is 3.52. The van der Waals surface area contributed by atoms with E-state index in [-0.39, 0.29) is 5.92 Å². The van der Waals surface area contributed by atoms with Crippen LogP contribution in [0, 0.1) is 0 Å². The molecular weight excluding hydrogens is 254 g/mol. The van der Waals surface area contributed by atoms with Gasteiger partial charge in [-0.2, -0.15) is 0 Å². The summed E-state index contributed by atoms with van der Waals surface area (Å²) in [5.41, 5.74) is 2.51. The van der Waals surface area contributed by atoms with Gasteiger partial charge in [0.25, 0.3) is 0 Å². The highest BCUT2D eigenvalue weighted by molar-refractivity contribution is 6.07. The van der Waals surface area contributed by atoms with Crippen molar-refractivity contribution in [2.24, 2.45) is 5.16 Å². The summed E-state index contributed by atoms with van der Waals surface area (Å²) >= 11 is 0. The Morgan fingerprint density at radius 2 is 1.90 bits per heavy atom. The third kappa shape index (κ3) is 2.09. The van der Waals surface area contributed by atoms with E-state index in [0.717, 1.165) is 22.6 Å². The Hall–Kier alpha value is -2.49. The molecule has 4 nitrogen and oxygen atoms in total. The van der Waals surface area contributed by atoms with Gasteiger partial charge >= 0.3 is 0 Å². The van der Waals surface area contributed by atoms with Crippen molar-refractivity contribution >= 4 is 5.71 Å². The van der Waals surface area contributed by atoms with Crippen LogP contribution in [-0.2, 0) is 0 Å². The Morgan fingerprint density at radius 1 is 1.15 bits per heavy atom. The Bertz CT molecular complexity index is 634. The quantitative estimate of drug-likeness (QED) is 0.673.